The lowest BCUT2D eigenvalue weighted by atomic mass is 9.88. The van der Waals surface area contributed by atoms with E-state index in [0.29, 0.717) is 12.8 Å². The average Bonchev–Trinajstić information content (AvgIpc) is 3.02. The van der Waals surface area contributed by atoms with Crippen molar-refractivity contribution in [2.24, 2.45) is 17.8 Å². The second-order valence-electron chi connectivity index (χ2n) is 5.95. The fraction of sp³-hybridized carbons (Fsp3) is 0.833. The first-order valence-corrected chi connectivity index (χ1v) is 8.43. The molecule has 2 aliphatic carbocycles. The molecule has 1 heterocycles. The van der Waals surface area contributed by atoms with Gasteiger partial charge in [0.15, 0.2) is 0 Å². The van der Waals surface area contributed by atoms with E-state index in [0.717, 1.165) is 0 Å². The van der Waals surface area contributed by atoms with Crippen LogP contribution in [0.4, 0.5) is 13.6 Å². The predicted molar refractivity (Wildman–Crippen MR) is 66.9 cm³/mol. The number of hydrogen-bond acceptors (Lipinski definition) is 7. The van der Waals surface area contributed by atoms with Gasteiger partial charge in [-0.05, 0) is 12.8 Å². The number of carbonyl (C=O) groups excluding carboxylic acids is 2. The zero-order valence-electron chi connectivity index (χ0n) is 11.7. The summed E-state index contributed by atoms with van der Waals surface area (Å²) in [5.41, 5.74) is 0. The second kappa shape index (κ2) is 5.26. The maximum atomic E-state index is 12.9. The molecule has 5 atom stereocenters. The topological polar surface area (TPSA) is 116 Å². The summed E-state index contributed by atoms with van der Waals surface area (Å²) in [6, 6.07) is 0. The molecule has 1 N–H and O–H groups in total. The van der Waals surface area contributed by atoms with Crippen LogP contribution in [0.25, 0.3) is 0 Å². The van der Waals surface area contributed by atoms with E-state index in [2.05, 4.69) is 4.74 Å². The minimum Gasteiger partial charge on any atom is -0.458 e. The van der Waals surface area contributed by atoms with Gasteiger partial charge in [0, 0.05) is 11.8 Å². The number of fused-ring (bicyclic) bond motifs is 1. The lowest BCUT2D eigenvalue weighted by Gasteiger charge is -2.24. The average molecular weight is 356 g/mol. The van der Waals surface area contributed by atoms with Crippen LogP contribution in [0.3, 0.4) is 0 Å². The van der Waals surface area contributed by atoms with Gasteiger partial charge in [0.05, 0.1) is 12.3 Å². The highest BCUT2D eigenvalue weighted by Crippen LogP contribution is 2.55. The highest BCUT2D eigenvalue weighted by Gasteiger charge is 2.63. The van der Waals surface area contributed by atoms with E-state index in [1.807, 2.05) is 0 Å². The number of ether oxygens (including phenoxy) is 3. The van der Waals surface area contributed by atoms with Gasteiger partial charge < -0.3 is 14.2 Å². The van der Waals surface area contributed by atoms with Gasteiger partial charge in [0.1, 0.15) is 18.8 Å². The molecule has 2 saturated carbocycles. The maximum absolute atomic E-state index is 12.9. The Balaban J connectivity index is 1.49. The largest absolute Gasteiger partial charge is 0.508 e. The minimum atomic E-state index is -5.57. The van der Waals surface area contributed by atoms with Gasteiger partial charge in [0.2, 0.25) is 0 Å². The standard InChI is InChI=1S/C12H14F2O8S/c13-12(14,23(17,18)19)1-2-20-11(16)22-8-5-3-6-7(4-5)10(15)21-9(6)8/h5-9H,1-4H2,(H,17,18,19). The van der Waals surface area contributed by atoms with Crippen LogP contribution in [0, 0.1) is 17.8 Å². The Morgan fingerprint density at radius 1 is 1.39 bits per heavy atom. The molecule has 5 unspecified atom stereocenters. The van der Waals surface area contributed by atoms with E-state index in [4.69, 9.17) is 14.0 Å². The maximum Gasteiger partial charge on any atom is 0.508 e. The number of carbonyl (C=O) groups is 2. The third-order valence-corrected chi connectivity index (χ3v) is 5.60. The molecule has 3 fully saturated rings. The summed E-state index contributed by atoms with van der Waals surface area (Å²) in [6.45, 7) is -0.945. The van der Waals surface area contributed by atoms with Crippen molar-refractivity contribution in [3.8, 4) is 0 Å². The van der Waals surface area contributed by atoms with E-state index in [9.17, 15) is 26.8 Å². The summed E-state index contributed by atoms with van der Waals surface area (Å²) in [6.07, 6.45) is -2.58. The van der Waals surface area contributed by atoms with Crippen LogP contribution in [-0.2, 0) is 29.1 Å². The first-order valence-electron chi connectivity index (χ1n) is 6.99. The number of halogens is 2. The molecular weight excluding hydrogens is 342 g/mol. The summed E-state index contributed by atoms with van der Waals surface area (Å²) in [5, 5.41) is -4.41. The van der Waals surface area contributed by atoms with Crippen molar-refractivity contribution in [2.45, 2.75) is 36.7 Å². The molecule has 23 heavy (non-hydrogen) atoms. The smallest absolute Gasteiger partial charge is 0.458 e. The Bertz CT molecular complexity index is 633. The fourth-order valence-corrected chi connectivity index (χ4v) is 3.93. The van der Waals surface area contributed by atoms with Crippen molar-refractivity contribution >= 4 is 22.2 Å². The Labute approximate surface area is 129 Å². The second-order valence-corrected chi connectivity index (χ2v) is 7.49. The molecule has 0 amide bonds. The van der Waals surface area contributed by atoms with Crippen molar-refractivity contribution in [1.29, 1.82) is 0 Å². The molecule has 3 rings (SSSR count). The molecule has 3 aliphatic rings. The molecule has 0 aromatic rings. The molecular formula is C12H14F2O8S. The van der Waals surface area contributed by atoms with Crippen LogP contribution in [0.15, 0.2) is 0 Å². The molecule has 1 saturated heterocycles. The van der Waals surface area contributed by atoms with Crippen LogP contribution >= 0.6 is 0 Å². The molecule has 0 radical (unpaired) electrons. The first-order chi connectivity index (χ1) is 10.6. The zero-order valence-corrected chi connectivity index (χ0v) is 12.5. The van der Waals surface area contributed by atoms with E-state index in [1.54, 1.807) is 0 Å². The monoisotopic (exact) mass is 356 g/mol. The lowest BCUT2D eigenvalue weighted by molar-refractivity contribution is -0.146. The molecule has 130 valence electrons. The normalized spacial score (nSPS) is 35.3. The van der Waals surface area contributed by atoms with E-state index in [-0.39, 0.29) is 23.7 Å². The highest BCUT2D eigenvalue weighted by molar-refractivity contribution is 7.86. The minimum absolute atomic E-state index is 0.00849. The summed E-state index contributed by atoms with van der Waals surface area (Å²) in [5.74, 6) is -0.494. The Hall–Kier alpha value is -1.49. The zero-order chi connectivity index (χ0) is 17.0. The van der Waals surface area contributed by atoms with E-state index < -0.39 is 46.8 Å². The summed E-state index contributed by atoms with van der Waals surface area (Å²) in [4.78, 5) is 23.1. The molecule has 0 aromatic carbocycles. The number of rotatable bonds is 5. The highest BCUT2D eigenvalue weighted by atomic mass is 32.2. The molecule has 11 heteroatoms. The Kier molecular flexibility index (Phi) is 3.75. The van der Waals surface area contributed by atoms with Gasteiger partial charge in [-0.2, -0.15) is 17.2 Å². The molecule has 2 bridgehead atoms. The molecule has 1 aliphatic heterocycles. The van der Waals surface area contributed by atoms with Gasteiger partial charge in [-0.25, -0.2) is 4.79 Å². The Morgan fingerprint density at radius 3 is 2.74 bits per heavy atom. The van der Waals surface area contributed by atoms with Crippen molar-refractivity contribution in [3.05, 3.63) is 0 Å². The molecule has 8 nitrogen and oxygen atoms in total. The summed E-state index contributed by atoms with van der Waals surface area (Å²) in [7, 11) is -5.57. The van der Waals surface area contributed by atoms with Gasteiger partial charge in [-0.3, -0.25) is 9.35 Å². The van der Waals surface area contributed by atoms with Gasteiger partial charge in [-0.1, -0.05) is 0 Å². The van der Waals surface area contributed by atoms with E-state index >= 15 is 0 Å². The summed E-state index contributed by atoms with van der Waals surface area (Å²) < 4.78 is 69.6. The Morgan fingerprint density at radius 2 is 2.09 bits per heavy atom. The number of alkyl halides is 2. The summed E-state index contributed by atoms with van der Waals surface area (Å²) >= 11 is 0. The van der Waals surface area contributed by atoms with Crippen LogP contribution in [0.2, 0.25) is 0 Å². The lowest BCUT2D eigenvalue weighted by Crippen LogP contribution is -2.36. The molecule has 0 spiro atoms. The van der Waals surface area contributed by atoms with Crippen molar-refractivity contribution in [3.63, 3.8) is 0 Å². The van der Waals surface area contributed by atoms with E-state index in [1.165, 1.54) is 0 Å². The van der Waals surface area contributed by atoms with Gasteiger partial charge in [-0.15, -0.1) is 0 Å². The van der Waals surface area contributed by atoms with Crippen molar-refractivity contribution in [2.75, 3.05) is 6.61 Å². The van der Waals surface area contributed by atoms with Crippen molar-refractivity contribution in [1.82, 2.24) is 0 Å². The third kappa shape index (κ3) is 2.75. The third-order valence-electron chi connectivity index (χ3n) is 4.64. The van der Waals surface area contributed by atoms with Crippen LogP contribution in [0.5, 0.6) is 0 Å². The fourth-order valence-electron chi connectivity index (χ4n) is 3.59. The van der Waals surface area contributed by atoms with Crippen LogP contribution < -0.4 is 0 Å². The number of esters is 1. The van der Waals surface area contributed by atoms with Crippen LogP contribution in [-0.4, -0.2) is 49.2 Å². The number of hydrogen-bond donors (Lipinski definition) is 1. The SMILES string of the molecule is O=C(OCCC(F)(F)S(=O)(=O)O)OC1C2CC3C(=O)OC1C3C2. The van der Waals surface area contributed by atoms with Gasteiger partial charge >= 0.3 is 27.5 Å². The molecule has 0 aromatic heterocycles. The quantitative estimate of drug-likeness (QED) is 0.572. The first kappa shape index (κ1) is 16.4. The predicted octanol–water partition coefficient (Wildman–Crippen LogP) is 0.960. The van der Waals surface area contributed by atoms with Gasteiger partial charge in [0.25, 0.3) is 0 Å². The van der Waals surface area contributed by atoms with Crippen molar-refractivity contribution < 1.29 is 45.6 Å². The van der Waals surface area contributed by atoms with Crippen LogP contribution in [0.1, 0.15) is 19.3 Å².